The third-order valence-electron chi connectivity index (χ3n) is 8.98. The fraction of sp³-hybridized carbons (Fsp3) is 0.742. The Morgan fingerprint density at radius 1 is 0.829 bits per heavy atom. The molecule has 10 heteroatoms. The molecule has 2 heterocycles. The molecule has 0 bridgehead atoms. The first-order valence-electron chi connectivity index (χ1n) is 15.4. The lowest BCUT2D eigenvalue weighted by Gasteiger charge is -2.37. The molecule has 3 N–H and O–H groups in total. The summed E-state index contributed by atoms with van der Waals surface area (Å²) in [6.07, 6.45) is 12.2. The van der Waals surface area contributed by atoms with Crippen LogP contribution in [0.1, 0.15) is 90.9 Å². The van der Waals surface area contributed by atoms with Gasteiger partial charge in [-0.05, 0) is 77.4 Å². The summed E-state index contributed by atoms with van der Waals surface area (Å²) in [5.41, 5.74) is 2.03. The Hall–Kier alpha value is -2.88. The van der Waals surface area contributed by atoms with Crippen LogP contribution in [0.25, 0.3) is 0 Å². The number of amides is 3. The van der Waals surface area contributed by atoms with Gasteiger partial charge in [0.1, 0.15) is 0 Å². The number of esters is 2. The van der Waals surface area contributed by atoms with Gasteiger partial charge in [0.25, 0.3) is 0 Å². The molecule has 0 unspecified atom stereocenters. The number of imide groups is 1. The van der Waals surface area contributed by atoms with Crippen LogP contribution in [0.5, 0.6) is 0 Å². The summed E-state index contributed by atoms with van der Waals surface area (Å²) < 4.78 is 9.91. The van der Waals surface area contributed by atoms with Gasteiger partial charge in [-0.15, -0.1) is 0 Å². The summed E-state index contributed by atoms with van der Waals surface area (Å²) in [7, 11) is 2.61. The highest BCUT2D eigenvalue weighted by molar-refractivity contribution is 5.97. The molecule has 3 amide bonds. The summed E-state index contributed by atoms with van der Waals surface area (Å²) >= 11 is 0. The fourth-order valence-electron chi connectivity index (χ4n) is 6.81. The third kappa shape index (κ3) is 9.58. The van der Waals surface area contributed by atoms with Crippen molar-refractivity contribution in [3.8, 4) is 0 Å². The van der Waals surface area contributed by atoms with E-state index in [1.165, 1.54) is 59.2 Å². The van der Waals surface area contributed by atoms with Gasteiger partial charge in [-0.3, -0.25) is 10.1 Å². The number of hydrogen-bond acceptors (Lipinski definition) is 8. The van der Waals surface area contributed by atoms with Crippen molar-refractivity contribution in [3.63, 3.8) is 0 Å². The lowest BCUT2D eigenvalue weighted by atomic mass is 9.76. The van der Waals surface area contributed by atoms with E-state index in [0.29, 0.717) is 48.3 Å². The molecule has 2 aliphatic heterocycles. The Bertz CT molecular complexity index is 955. The molecule has 1 aliphatic carbocycles. The molecule has 0 radical (unpaired) electrons. The molecule has 0 aromatic heterocycles. The smallest absolute Gasteiger partial charge is 0.336 e. The van der Waals surface area contributed by atoms with Crippen molar-refractivity contribution in [2.75, 3.05) is 40.4 Å². The van der Waals surface area contributed by atoms with Crippen molar-refractivity contribution >= 4 is 23.9 Å². The molecule has 0 aromatic rings. The molecule has 1 saturated heterocycles. The number of nitrogens with zero attached hydrogens (tertiary/aromatic N) is 1. The summed E-state index contributed by atoms with van der Waals surface area (Å²) in [5, 5.41) is 8.27. The lowest BCUT2D eigenvalue weighted by Crippen LogP contribution is -2.41. The summed E-state index contributed by atoms with van der Waals surface area (Å²) in [4.78, 5) is 52.0. The van der Waals surface area contributed by atoms with Crippen LogP contribution >= 0.6 is 0 Å². The van der Waals surface area contributed by atoms with Crippen LogP contribution in [0.4, 0.5) is 4.79 Å². The van der Waals surface area contributed by atoms with Crippen LogP contribution in [-0.2, 0) is 23.9 Å². The fourth-order valence-corrected chi connectivity index (χ4v) is 6.81. The van der Waals surface area contributed by atoms with Crippen molar-refractivity contribution in [2.45, 2.75) is 90.9 Å². The molecule has 0 aromatic carbocycles. The maximum atomic E-state index is 12.5. The number of rotatable bonds is 12. The van der Waals surface area contributed by atoms with Crippen molar-refractivity contribution in [1.29, 1.82) is 0 Å². The van der Waals surface area contributed by atoms with Crippen molar-refractivity contribution in [3.05, 3.63) is 22.5 Å². The van der Waals surface area contributed by atoms with Gasteiger partial charge in [0.05, 0.1) is 25.4 Å². The van der Waals surface area contributed by atoms with Gasteiger partial charge in [0.2, 0.25) is 5.91 Å². The minimum Gasteiger partial charge on any atom is -0.466 e. The number of carbonyl (C=O) groups is 4. The highest BCUT2D eigenvalue weighted by Crippen LogP contribution is 2.36. The Morgan fingerprint density at radius 2 is 1.41 bits per heavy atom. The first-order chi connectivity index (χ1) is 19.7. The average molecular weight is 575 g/mol. The van der Waals surface area contributed by atoms with Crippen LogP contribution in [0, 0.1) is 17.8 Å². The molecular formula is C31H50N4O6. The van der Waals surface area contributed by atoms with Gasteiger partial charge in [-0.25, -0.2) is 14.4 Å². The summed E-state index contributed by atoms with van der Waals surface area (Å²) in [6.45, 7) is 7.32. The Kier molecular flexibility index (Phi) is 13.2. The van der Waals surface area contributed by atoms with E-state index in [4.69, 9.17) is 9.47 Å². The van der Waals surface area contributed by atoms with Crippen LogP contribution in [0.2, 0.25) is 0 Å². The Balaban J connectivity index is 1.32. The second-order valence-corrected chi connectivity index (χ2v) is 11.7. The van der Waals surface area contributed by atoms with Gasteiger partial charge >= 0.3 is 18.0 Å². The molecule has 41 heavy (non-hydrogen) atoms. The SMILES string of the molecule is COC(=O)C1=C(C)NC(C)=C(C(=O)OC)C1CCCCC(=O)NC(=O)NCCCN1CCC(C2CCCCC2)CC1. The lowest BCUT2D eigenvalue weighted by molar-refractivity contribution is -0.137. The van der Waals surface area contributed by atoms with Gasteiger partial charge in [0.15, 0.2) is 0 Å². The zero-order valence-electron chi connectivity index (χ0n) is 25.4. The topological polar surface area (TPSA) is 126 Å². The molecule has 2 fully saturated rings. The molecule has 0 spiro atoms. The van der Waals surface area contributed by atoms with E-state index in [9.17, 15) is 19.2 Å². The van der Waals surface area contributed by atoms with Crippen LogP contribution in [-0.4, -0.2) is 69.2 Å². The van der Waals surface area contributed by atoms with E-state index >= 15 is 0 Å². The minimum atomic E-state index is -0.507. The van der Waals surface area contributed by atoms with E-state index in [1.807, 2.05) is 0 Å². The third-order valence-corrected chi connectivity index (χ3v) is 8.98. The quantitative estimate of drug-likeness (QED) is 0.234. The highest BCUT2D eigenvalue weighted by Gasteiger charge is 2.36. The van der Waals surface area contributed by atoms with E-state index in [0.717, 1.165) is 37.9 Å². The molecule has 3 rings (SSSR count). The maximum absolute atomic E-state index is 12.5. The Labute approximate surface area is 245 Å². The second kappa shape index (κ2) is 16.5. The van der Waals surface area contributed by atoms with E-state index in [2.05, 4.69) is 20.9 Å². The molecule has 1 saturated carbocycles. The molecule has 230 valence electrons. The number of hydrogen-bond donors (Lipinski definition) is 3. The van der Waals surface area contributed by atoms with Gasteiger partial charge in [0, 0.05) is 30.3 Å². The minimum absolute atomic E-state index is 0.167. The first-order valence-corrected chi connectivity index (χ1v) is 15.4. The van der Waals surface area contributed by atoms with Gasteiger partial charge < -0.3 is 25.0 Å². The second-order valence-electron chi connectivity index (χ2n) is 11.7. The largest absolute Gasteiger partial charge is 0.466 e. The first kappa shape index (κ1) is 32.6. The molecule has 10 nitrogen and oxygen atoms in total. The predicted molar refractivity (Wildman–Crippen MR) is 156 cm³/mol. The van der Waals surface area contributed by atoms with Crippen molar-refractivity contribution in [2.24, 2.45) is 17.8 Å². The number of carbonyl (C=O) groups excluding carboxylic acids is 4. The number of urea groups is 1. The zero-order valence-corrected chi connectivity index (χ0v) is 25.4. The van der Waals surface area contributed by atoms with E-state index in [1.54, 1.807) is 13.8 Å². The zero-order chi connectivity index (χ0) is 29.8. The highest BCUT2D eigenvalue weighted by atomic mass is 16.5. The molecular weight excluding hydrogens is 524 g/mol. The number of likely N-dealkylation sites (tertiary alicyclic amines) is 1. The maximum Gasteiger partial charge on any atom is 0.336 e. The number of allylic oxidation sites excluding steroid dienone is 2. The summed E-state index contributed by atoms with van der Waals surface area (Å²) in [5.74, 6) is -0.0281. The number of dihydropyridines is 1. The van der Waals surface area contributed by atoms with Crippen LogP contribution < -0.4 is 16.0 Å². The monoisotopic (exact) mass is 574 g/mol. The number of piperidine rings is 1. The number of ether oxygens (including phenoxy) is 2. The van der Waals surface area contributed by atoms with Crippen molar-refractivity contribution < 1.29 is 28.7 Å². The Morgan fingerprint density at radius 3 is 2.00 bits per heavy atom. The van der Waals surface area contributed by atoms with Crippen LogP contribution in [0.15, 0.2) is 22.5 Å². The number of methoxy groups -OCH3 is 2. The van der Waals surface area contributed by atoms with Gasteiger partial charge in [-0.2, -0.15) is 0 Å². The number of nitrogens with one attached hydrogen (secondary N) is 3. The molecule has 0 atom stereocenters. The van der Waals surface area contributed by atoms with Gasteiger partial charge in [-0.1, -0.05) is 38.5 Å². The molecule has 3 aliphatic rings. The number of unbranched alkanes of at least 4 members (excludes halogenated alkanes) is 1. The van der Waals surface area contributed by atoms with Crippen LogP contribution in [0.3, 0.4) is 0 Å². The average Bonchev–Trinajstić information content (AvgIpc) is 2.97. The summed E-state index contributed by atoms with van der Waals surface area (Å²) in [6, 6.07) is -0.470. The van der Waals surface area contributed by atoms with Crippen molar-refractivity contribution in [1.82, 2.24) is 20.9 Å². The standard InChI is InChI=1S/C31H50N4O6/c1-21-27(29(37)40-3)25(28(22(2)33-21)30(38)41-4)13-8-9-14-26(36)34-31(39)32-17-10-18-35-19-15-24(16-20-35)23-11-6-5-7-12-23/h23-25,33H,5-20H2,1-4H3,(H2,32,34,36,39). The predicted octanol–water partition coefficient (Wildman–Crippen LogP) is 4.17. The normalized spacial score (nSPS) is 19.5. The van der Waals surface area contributed by atoms with E-state index in [-0.39, 0.29) is 12.3 Å². The van der Waals surface area contributed by atoms with E-state index < -0.39 is 23.9 Å².